The molecule has 0 aliphatic heterocycles. The quantitative estimate of drug-likeness (QED) is 0.310. The number of oxime groups is 1. The number of aromatic nitrogens is 2. The number of aryl methyl sites for hydroxylation is 1. The number of hydrogen-bond acceptors (Lipinski definition) is 5. The fraction of sp³-hybridized carbons (Fsp3) is 0.167. The molecule has 0 atom stereocenters. The lowest BCUT2D eigenvalue weighted by Gasteiger charge is -2.08. The lowest BCUT2D eigenvalue weighted by atomic mass is 10.1. The van der Waals surface area contributed by atoms with Gasteiger partial charge in [-0.2, -0.15) is 5.10 Å². The minimum atomic E-state index is -3.64. The highest BCUT2D eigenvalue weighted by Gasteiger charge is 2.17. The van der Waals surface area contributed by atoms with E-state index in [-0.39, 0.29) is 17.4 Å². The maximum Gasteiger partial charge on any atom is 0.258 e. The average molecular weight is 309 g/mol. The third kappa shape index (κ3) is 3.38. The van der Waals surface area contributed by atoms with Crippen molar-refractivity contribution in [3.63, 3.8) is 0 Å². The molecule has 0 amide bonds. The lowest BCUT2D eigenvalue weighted by Crippen LogP contribution is -2.25. The number of nitrogens with one attached hydrogen (secondary N) is 1. The molecule has 112 valence electrons. The summed E-state index contributed by atoms with van der Waals surface area (Å²) in [5, 5.41) is 15.4. The zero-order chi connectivity index (χ0) is 15.5. The van der Waals surface area contributed by atoms with Gasteiger partial charge in [-0.25, -0.2) is 13.1 Å². The van der Waals surface area contributed by atoms with Crippen molar-refractivity contribution in [2.24, 2.45) is 17.9 Å². The van der Waals surface area contributed by atoms with Crippen LogP contribution < -0.4 is 10.5 Å². The van der Waals surface area contributed by atoms with Gasteiger partial charge in [0.05, 0.1) is 6.20 Å². The number of amidine groups is 1. The van der Waals surface area contributed by atoms with Gasteiger partial charge in [0.25, 0.3) is 10.0 Å². The van der Waals surface area contributed by atoms with Crippen molar-refractivity contribution in [1.29, 1.82) is 0 Å². The van der Waals surface area contributed by atoms with Crippen LogP contribution in [-0.2, 0) is 23.6 Å². The molecule has 2 aromatic rings. The molecule has 9 heteroatoms. The van der Waals surface area contributed by atoms with E-state index >= 15 is 0 Å². The van der Waals surface area contributed by atoms with Gasteiger partial charge in [0.15, 0.2) is 10.9 Å². The summed E-state index contributed by atoms with van der Waals surface area (Å²) < 4.78 is 27.9. The molecule has 2 rings (SSSR count). The summed E-state index contributed by atoms with van der Waals surface area (Å²) in [5.74, 6) is -0.0358. The van der Waals surface area contributed by atoms with Crippen LogP contribution in [0.3, 0.4) is 0 Å². The molecule has 0 aliphatic rings. The van der Waals surface area contributed by atoms with Crippen LogP contribution in [-0.4, -0.2) is 29.2 Å². The molecule has 0 aliphatic carbocycles. The summed E-state index contributed by atoms with van der Waals surface area (Å²) in [4.78, 5) is 0. The first-order valence-electron chi connectivity index (χ1n) is 5.98. The summed E-state index contributed by atoms with van der Waals surface area (Å²) >= 11 is 0. The minimum Gasteiger partial charge on any atom is -0.409 e. The Hall–Kier alpha value is -2.39. The molecule has 21 heavy (non-hydrogen) atoms. The average Bonchev–Trinajstić information content (AvgIpc) is 2.92. The van der Waals surface area contributed by atoms with Gasteiger partial charge in [-0.15, -0.1) is 0 Å². The molecule has 8 nitrogen and oxygen atoms in total. The zero-order valence-electron chi connectivity index (χ0n) is 11.3. The highest BCUT2D eigenvalue weighted by Crippen LogP contribution is 2.09. The van der Waals surface area contributed by atoms with E-state index in [1.54, 1.807) is 31.3 Å². The smallest absolute Gasteiger partial charge is 0.258 e. The number of sulfonamides is 1. The van der Waals surface area contributed by atoms with Crippen LogP contribution in [0.25, 0.3) is 0 Å². The van der Waals surface area contributed by atoms with Crippen molar-refractivity contribution >= 4 is 15.9 Å². The molecule has 0 radical (unpaired) electrons. The fourth-order valence-corrected chi connectivity index (χ4v) is 2.92. The first kappa shape index (κ1) is 15.0. The highest BCUT2D eigenvalue weighted by molar-refractivity contribution is 7.89. The normalized spacial score (nSPS) is 12.5. The van der Waals surface area contributed by atoms with Gasteiger partial charge in [0.1, 0.15) is 0 Å². The molecule has 1 aromatic carbocycles. The van der Waals surface area contributed by atoms with Crippen LogP contribution in [0.4, 0.5) is 0 Å². The molecule has 4 N–H and O–H groups in total. The van der Waals surface area contributed by atoms with Gasteiger partial charge in [-0.3, -0.25) is 4.68 Å². The van der Waals surface area contributed by atoms with Crippen LogP contribution >= 0.6 is 0 Å². The predicted octanol–water partition coefficient (Wildman–Crippen LogP) is -0.00690. The molecule has 1 aromatic heterocycles. The van der Waals surface area contributed by atoms with Crippen molar-refractivity contribution in [2.75, 3.05) is 0 Å². The molecule has 0 fully saturated rings. The second kappa shape index (κ2) is 5.94. The second-order valence-corrected chi connectivity index (χ2v) is 6.02. The van der Waals surface area contributed by atoms with Crippen molar-refractivity contribution in [2.45, 2.75) is 11.6 Å². The Morgan fingerprint density at radius 2 is 2.24 bits per heavy atom. The van der Waals surface area contributed by atoms with E-state index < -0.39 is 10.0 Å². The number of hydrogen-bond donors (Lipinski definition) is 3. The summed E-state index contributed by atoms with van der Waals surface area (Å²) in [6.45, 7) is 0.0834. The van der Waals surface area contributed by atoms with E-state index in [9.17, 15) is 8.42 Å². The van der Waals surface area contributed by atoms with E-state index in [2.05, 4.69) is 15.0 Å². The number of benzene rings is 1. The Balaban J connectivity index is 2.15. The van der Waals surface area contributed by atoms with Gasteiger partial charge in [0.2, 0.25) is 0 Å². The Morgan fingerprint density at radius 1 is 1.48 bits per heavy atom. The van der Waals surface area contributed by atoms with Crippen LogP contribution in [0.1, 0.15) is 11.1 Å². The number of rotatable bonds is 5. The van der Waals surface area contributed by atoms with E-state index in [4.69, 9.17) is 10.9 Å². The van der Waals surface area contributed by atoms with Gasteiger partial charge in [-0.1, -0.05) is 23.4 Å². The van der Waals surface area contributed by atoms with E-state index in [1.807, 2.05) is 0 Å². The van der Waals surface area contributed by atoms with E-state index in [1.165, 1.54) is 16.9 Å². The summed E-state index contributed by atoms with van der Waals surface area (Å²) in [6, 6.07) is 8.14. The molecule has 0 unspecified atom stereocenters. The summed E-state index contributed by atoms with van der Waals surface area (Å²) in [6.07, 6.45) is 1.41. The SMILES string of the molecule is Cn1nccc1S(=O)(=O)NCc1cccc(/C(N)=N/O)c1. The highest BCUT2D eigenvalue weighted by atomic mass is 32.2. The molecule has 0 spiro atoms. The lowest BCUT2D eigenvalue weighted by molar-refractivity contribution is 0.318. The van der Waals surface area contributed by atoms with Crippen LogP contribution in [0.2, 0.25) is 0 Å². The molecule has 1 heterocycles. The topological polar surface area (TPSA) is 123 Å². The monoisotopic (exact) mass is 309 g/mol. The first-order valence-corrected chi connectivity index (χ1v) is 7.47. The van der Waals surface area contributed by atoms with Crippen molar-refractivity contribution < 1.29 is 13.6 Å². The molecule has 0 saturated heterocycles. The molecule has 0 bridgehead atoms. The Labute approximate surface area is 121 Å². The predicted molar refractivity (Wildman–Crippen MR) is 76.2 cm³/mol. The summed E-state index contributed by atoms with van der Waals surface area (Å²) in [5.41, 5.74) is 6.69. The van der Waals surface area contributed by atoms with Crippen LogP contribution in [0.15, 0.2) is 46.7 Å². The Bertz CT molecular complexity index is 767. The van der Waals surface area contributed by atoms with Crippen molar-refractivity contribution in [3.05, 3.63) is 47.7 Å². The number of nitrogens with two attached hydrogens (primary N) is 1. The standard InChI is InChI=1S/C12H15N5O3S/c1-17-11(5-6-14-17)21(19,20)15-8-9-3-2-4-10(7-9)12(13)16-18/h2-7,15,18H,8H2,1H3,(H2,13,16). The number of nitrogens with zero attached hydrogens (tertiary/aromatic N) is 3. The summed E-state index contributed by atoms with van der Waals surface area (Å²) in [7, 11) is -2.10. The van der Waals surface area contributed by atoms with Gasteiger partial charge in [-0.05, 0) is 17.7 Å². The maximum atomic E-state index is 12.1. The second-order valence-electron chi connectivity index (χ2n) is 4.30. The maximum absolute atomic E-state index is 12.1. The van der Waals surface area contributed by atoms with Crippen LogP contribution in [0.5, 0.6) is 0 Å². The fourth-order valence-electron chi connectivity index (χ4n) is 1.78. The van der Waals surface area contributed by atoms with Gasteiger partial charge >= 0.3 is 0 Å². The third-order valence-corrected chi connectivity index (χ3v) is 4.32. The largest absolute Gasteiger partial charge is 0.409 e. The van der Waals surface area contributed by atoms with Gasteiger partial charge in [0, 0.05) is 19.2 Å². The molecular weight excluding hydrogens is 294 g/mol. The third-order valence-electron chi connectivity index (χ3n) is 2.85. The molecular formula is C12H15N5O3S. The Kier molecular flexibility index (Phi) is 4.24. The van der Waals surface area contributed by atoms with E-state index in [0.717, 1.165) is 0 Å². The minimum absolute atomic E-state index is 0.0358. The Morgan fingerprint density at radius 3 is 2.86 bits per heavy atom. The first-order chi connectivity index (χ1) is 9.94. The van der Waals surface area contributed by atoms with Crippen molar-refractivity contribution in [1.82, 2.24) is 14.5 Å². The van der Waals surface area contributed by atoms with Crippen LogP contribution in [0, 0.1) is 0 Å². The van der Waals surface area contributed by atoms with Crippen molar-refractivity contribution in [3.8, 4) is 0 Å². The van der Waals surface area contributed by atoms with Gasteiger partial charge < -0.3 is 10.9 Å². The zero-order valence-corrected chi connectivity index (χ0v) is 12.1. The molecule has 0 saturated carbocycles. The van der Waals surface area contributed by atoms with E-state index in [0.29, 0.717) is 11.1 Å².